The number of hydrogen-bond acceptors (Lipinski definition) is 6. The van der Waals surface area contributed by atoms with Gasteiger partial charge < -0.3 is 15.2 Å². The van der Waals surface area contributed by atoms with Crippen molar-refractivity contribution in [1.29, 1.82) is 0 Å². The lowest BCUT2D eigenvalue weighted by Crippen LogP contribution is -2.31. The second-order valence-electron chi connectivity index (χ2n) is 11.9. The van der Waals surface area contributed by atoms with Crippen molar-refractivity contribution in [2.75, 3.05) is 20.6 Å². The van der Waals surface area contributed by atoms with Gasteiger partial charge in [0.2, 0.25) is 5.56 Å². The van der Waals surface area contributed by atoms with Gasteiger partial charge in [0.25, 0.3) is 5.91 Å². The number of thiazole rings is 1. The summed E-state index contributed by atoms with van der Waals surface area (Å²) in [4.78, 5) is 40.1. The van der Waals surface area contributed by atoms with Crippen LogP contribution in [-0.2, 0) is 12.8 Å². The number of hydrogen-bond donors (Lipinski definition) is 2. The van der Waals surface area contributed by atoms with Crippen LogP contribution in [0.25, 0.3) is 21.5 Å². The van der Waals surface area contributed by atoms with Gasteiger partial charge in [-0.25, -0.2) is 9.97 Å². The van der Waals surface area contributed by atoms with Crippen LogP contribution >= 0.6 is 11.3 Å². The van der Waals surface area contributed by atoms with Crippen LogP contribution in [0.2, 0.25) is 0 Å². The standard InChI is InChI=1S/C31H37N5O2S/c1-31(2,3)23-11-12-24-22(16-23)17-26-29(34-24)39-30(35-26)28(38)33-25(14-15-36(4)5)20-8-6-19(7-9-20)21-10-13-27(37)32-18-21/h6-10,13,17-18,23,25H,11-12,14-16H2,1-5H3,(H,32,37)(H,33,38)/t23-,25+/m0/s1. The molecule has 1 aliphatic carbocycles. The largest absolute Gasteiger partial charge is 0.343 e. The molecule has 204 valence electrons. The first kappa shape index (κ1) is 27.2. The molecule has 0 bridgehead atoms. The quantitative estimate of drug-likeness (QED) is 0.316. The zero-order valence-electron chi connectivity index (χ0n) is 23.4. The first-order valence-electron chi connectivity index (χ1n) is 13.6. The molecule has 3 heterocycles. The van der Waals surface area contributed by atoms with Crippen LogP contribution in [-0.4, -0.2) is 46.4 Å². The van der Waals surface area contributed by atoms with Gasteiger partial charge in [0, 0.05) is 18.0 Å². The highest BCUT2D eigenvalue weighted by atomic mass is 32.1. The van der Waals surface area contributed by atoms with E-state index in [0.29, 0.717) is 10.9 Å². The summed E-state index contributed by atoms with van der Waals surface area (Å²) in [7, 11) is 4.06. The van der Waals surface area contributed by atoms with Gasteiger partial charge in [-0.1, -0.05) is 56.4 Å². The Labute approximate surface area is 233 Å². The fourth-order valence-electron chi connectivity index (χ4n) is 5.28. The number of aromatic nitrogens is 3. The Hall–Kier alpha value is -3.36. The summed E-state index contributed by atoms with van der Waals surface area (Å²) in [5.74, 6) is 0.454. The average Bonchev–Trinajstić information content (AvgIpc) is 3.32. The third kappa shape index (κ3) is 6.28. The molecule has 2 N–H and O–H groups in total. The number of benzene rings is 1. The number of carbonyl (C=O) groups excluding carboxylic acids is 1. The van der Waals surface area contributed by atoms with Crippen molar-refractivity contribution < 1.29 is 4.79 Å². The molecule has 0 unspecified atom stereocenters. The number of pyridine rings is 2. The molecule has 0 spiro atoms. The summed E-state index contributed by atoms with van der Waals surface area (Å²) in [6.45, 7) is 7.76. The van der Waals surface area contributed by atoms with Crippen LogP contribution in [0.15, 0.2) is 53.5 Å². The first-order chi connectivity index (χ1) is 18.6. The number of aryl methyl sites for hydroxylation is 1. The van der Waals surface area contributed by atoms with Gasteiger partial charge in [-0.2, -0.15) is 0 Å². The molecule has 0 saturated heterocycles. The third-order valence-corrected chi connectivity index (χ3v) is 8.73. The Morgan fingerprint density at radius 3 is 2.54 bits per heavy atom. The third-order valence-electron chi connectivity index (χ3n) is 7.77. The van der Waals surface area contributed by atoms with Gasteiger partial charge in [0.05, 0.1) is 6.04 Å². The second-order valence-corrected chi connectivity index (χ2v) is 12.9. The van der Waals surface area contributed by atoms with Crippen LogP contribution in [0, 0.1) is 11.3 Å². The molecule has 1 amide bonds. The van der Waals surface area contributed by atoms with Crippen LogP contribution in [0.4, 0.5) is 0 Å². The van der Waals surface area contributed by atoms with Gasteiger partial charge >= 0.3 is 0 Å². The van der Waals surface area contributed by atoms with Crippen molar-refractivity contribution in [2.24, 2.45) is 11.3 Å². The minimum Gasteiger partial charge on any atom is -0.343 e. The number of nitrogens with zero attached hydrogens (tertiary/aromatic N) is 3. The topological polar surface area (TPSA) is 91.0 Å². The number of carbonyl (C=O) groups is 1. The van der Waals surface area contributed by atoms with E-state index in [1.54, 1.807) is 12.3 Å². The normalized spacial score (nSPS) is 16.3. The van der Waals surface area contributed by atoms with Crippen molar-refractivity contribution >= 4 is 27.6 Å². The average molecular weight is 544 g/mol. The molecule has 7 nitrogen and oxygen atoms in total. The number of amides is 1. The molecule has 4 aromatic rings. The molecule has 0 aliphatic heterocycles. The molecular formula is C31H37N5O2S. The summed E-state index contributed by atoms with van der Waals surface area (Å²) in [6, 6.07) is 13.5. The van der Waals surface area contributed by atoms with E-state index in [2.05, 4.69) is 42.0 Å². The Balaban J connectivity index is 1.36. The first-order valence-corrected chi connectivity index (χ1v) is 14.4. The van der Waals surface area contributed by atoms with Gasteiger partial charge in [0.1, 0.15) is 10.3 Å². The van der Waals surface area contributed by atoms with E-state index < -0.39 is 0 Å². The van der Waals surface area contributed by atoms with Crippen molar-refractivity contribution in [3.63, 3.8) is 0 Å². The van der Waals surface area contributed by atoms with Crippen molar-refractivity contribution in [1.82, 2.24) is 25.2 Å². The van der Waals surface area contributed by atoms with Gasteiger partial charge in [-0.15, -0.1) is 0 Å². The summed E-state index contributed by atoms with van der Waals surface area (Å²) >= 11 is 1.37. The number of nitrogens with one attached hydrogen (secondary N) is 2. The fraction of sp³-hybridized carbons (Fsp3) is 0.419. The Bertz CT molecular complexity index is 1510. The lowest BCUT2D eigenvalue weighted by Gasteiger charge is -2.34. The number of fused-ring (bicyclic) bond motifs is 2. The molecule has 5 rings (SSSR count). The minimum absolute atomic E-state index is 0.124. The molecular weight excluding hydrogens is 506 g/mol. The highest BCUT2D eigenvalue weighted by Crippen LogP contribution is 2.38. The summed E-state index contributed by atoms with van der Waals surface area (Å²) in [6.07, 6.45) is 5.62. The van der Waals surface area contributed by atoms with Crippen LogP contribution in [0.3, 0.4) is 0 Å². The number of aromatic amines is 1. The molecule has 0 radical (unpaired) electrons. The maximum absolute atomic E-state index is 13.4. The van der Waals surface area contributed by atoms with Crippen molar-refractivity contribution in [3.05, 3.63) is 80.8 Å². The fourth-order valence-corrected chi connectivity index (χ4v) is 6.12. The van der Waals surface area contributed by atoms with Crippen LogP contribution < -0.4 is 10.9 Å². The molecule has 2 atom stereocenters. The monoisotopic (exact) mass is 543 g/mol. The lowest BCUT2D eigenvalue weighted by molar-refractivity contribution is 0.0932. The molecule has 8 heteroatoms. The summed E-state index contributed by atoms with van der Waals surface area (Å²) in [5.41, 5.74) is 6.36. The molecule has 1 aromatic carbocycles. The predicted molar refractivity (Wildman–Crippen MR) is 158 cm³/mol. The molecule has 1 aliphatic rings. The highest BCUT2D eigenvalue weighted by molar-refractivity contribution is 7.19. The second kappa shape index (κ2) is 11.0. The molecule has 3 aromatic heterocycles. The highest BCUT2D eigenvalue weighted by Gasteiger charge is 2.30. The van der Waals surface area contributed by atoms with E-state index in [1.165, 1.54) is 23.0 Å². The van der Waals surface area contributed by atoms with Gasteiger partial charge in [-0.3, -0.25) is 9.59 Å². The zero-order chi connectivity index (χ0) is 27.7. The van der Waals surface area contributed by atoms with E-state index in [1.807, 2.05) is 38.4 Å². The molecule has 0 saturated carbocycles. The van der Waals surface area contributed by atoms with Gasteiger partial charge in [-0.05, 0) is 92.0 Å². The molecule has 0 fully saturated rings. The smallest absolute Gasteiger partial charge is 0.280 e. The minimum atomic E-state index is -0.169. The summed E-state index contributed by atoms with van der Waals surface area (Å²) < 4.78 is 0. The van der Waals surface area contributed by atoms with E-state index in [0.717, 1.165) is 65.0 Å². The molecule has 39 heavy (non-hydrogen) atoms. The van der Waals surface area contributed by atoms with E-state index >= 15 is 0 Å². The van der Waals surface area contributed by atoms with Crippen LogP contribution in [0.1, 0.15) is 66.3 Å². The van der Waals surface area contributed by atoms with E-state index in [-0.39, 0.29) is 22.9 Å². The predicted octanol–water partition coefficient (Wildman–Crippen LogP) is 5.62. The maximum Gasteiger partial charge on any atom is 0.280 e. The Kier molecular flexibility index (Phi) is 7.69. The van der Waals surface area contributed by atoms with E-state index in [4.69, 9.17) is 9.97 Å². The Morgan fingerprint density at radius 1 is 1.13 bits per heavy atom. The van der Waals surface area contributed by atoms with Crippen LogP contribution in [0.5, 0.6) is 0 Å². The van der Waals surface area contributed by atoms with Crippen molar-refractivity contribution in [3.8, 4) is 11.1 Å². The van der Waals surface area contributed by atoms with Gasteiger partial charge in [0.15, 0.2) is 5.01 Å². The summed E-state index contributed by atoms with van der Waals surface area (Å²) in [5, 5.41) is 3.69. The van der Waals surface area contributed by atoms with E-state index in [9.17, 15) is 9.59 Å². The van der Waals surface area contributed by atoms with Crippen molar-refractivity contribution in [2.45, 2.75) is 52.5 Å². The SMILES string of the molecule is CN(C)CC[C@@H](NC(=O)c1nc2cc3c(nc2s1)CC[C@H](C(C)(C)C)C3)c1ccc(-c2ccc(=O)[nH]c2)cc1. The number of H-pyrrole nitrogens is 1. The Morgan fingerprint density at radius 2 is 1.87 bits per heavy atom. The maximum atomic E-state index is 13.4. The lowest BCUT2D eigenvalue weighted by atomic mass is 9.71. The number of rotatable bonds is 7. The zero-order valence-corrected chi connectivity index (χ0v) is 24.2.